The minimum absolute atomic E-state index is 0.0185. The molecular formula is C45H46N5O8. The van der Waals surface area contributed by atoms with E-state index in [0.29, 0.717) is 22.6 Å². The van der Waals surface area contributed by atoms with Crippen LogP contribution in [0.4, 0.5) is 5.82 Å². The van der Waals surface area contributed by atoms with E-state index < -0.39 is 47.5 Å². The maximum absolute atomic E-state index is 13.9. The minimum Gasteiger partial charge on any atom is -0.497 e. The molecule has 1 aliphatic rings. The number of anilines is 1. The van der Waals surface area contributed by atoms with Gasteiger partial charge in [-0.25, -0.2) is 4.79 Å². The molecule has 13 heteroatoms. The number of nitrogens with one attached hydrogen (secondary N) is 2. The van der Waals surface area contributed by atoms with Crippen LogP contribution in [0, 0.1) is 37.0 Å². The van der Waals surface area contributed by atoms with Crippen LogP contribution in [-0.4, -0.2) is 68.1 Å². The van der Waals surface area contributed by atoms with Crippen molar-refractivity contribution in [1.82, 2.24) is 14.9 Å². The molecule has 1 radical (unpaired) electrons. The fourth-order valence-electron chi connectivity index (χ4n) is 7.23. The Hall–Kier alpha value is -6.33. The molecule has 2 amide bonds. The molecule has 58 heavy (non-hydrogen) atoms. The Bertz CT molecular complexity index is 2210. The number of nitrogens with zero attached hydrogens (tertiary/aromatic N) is 3. The summed E-state index contributed by atoms with van der Waals surface area (Å²) < 4.78 is 32.6. The van der Waals surface area contributed by atoms with Crippen LogP contribution in [0.15, 0.2) is 120 Å². The van der Waals surface area contributed by atoms with E-state index in [9.17, 15) is 19.6 Å². The second-order valence-corrected chi connectivity index (χ2v) is 13.7. The lowest BCUT2D eigenvalue weighted by molar-refractivity contribution is -0.123. The maximum atomic E-state index is 13.9. The predicted molar refractivity (Wildman–Crippen MR) is 216 cm³/mol. The molecule has 299 valence electrons. The highest BCUT2D eigenvalue weighted by molar-refractivity contribution is 6.04. The van der Waals surface area contributed by atoms with Crippen molar-refractivity contribution in [3.05, 3.63) is 161 Å². The molecule has 1 saturated heterocycles. The van der Waals surface area contributed by atoms with Crippen LogP contribution in [0.1, 0.15) is 45.3 Å². The van der Waals surface area contributed by atoms with Gasteiger partial charge in [0.2, 0.25) is 5.91 Å². The topological polar surface area (TPSA) is 163 Å². The molecule has 1 aliphatic heterocycles. The maximum Gasteiger partial charge on any atom is 0.351 e. The van der Waals surface area contributed by atoms with Crippen LogP contribution in [0.5, 0.6) is 11.5 Å². The van der Waals surface area contributed by atoms with Crippen LogP contribution < -0.4 is 25.8 Å². The second-order valence-electron chi connectivity index (χ2n) is 13.7. The van der Waals surface area contributed by atoms with Gasteiger partial charge in [-0.05, 0) is 66.9 Å². The van der Waals surface area contributed by atoms with E-state index in [4.69, 9.17) is 23.7 Å². The van der Waals surface area contributed by atoms with Gasteiger partial charge >= 0.3 is 5.69 Å². The summed E-state index contributed by atoms with van der Waals surface area (Å²) in [6, 6.07) is 35.7. The fourth-order valence-corrected chi connectivity index (χ4v) is 7.23. The molecule has 4 aromatic carbocycles. The van der Waals surface area contributed by atoms with E-state index in [1.54, 1.807) is 51.5 Å². The lowest BCUT2D eigenvalue weighted by atomic mass is 9.79. The quantitative estimate of drug-likeness (QED) is 0.116. The van der Waals surface area contributed by atoms with E-state index in [-0.39, 0.29) is 31.4 Å². The second kappa shape index (κ2) is 18.7. The number of carbonyl (C=O) groups is 2. The molecular weight excluding hydrogens is 739 g/mol. The van der Waals surface area contributed by atoms with Crippen molar-refractivity contribution in [2.45, 2.75) is 37.4 Å². The lowest BCUT2D eigenvalue weighted by Gasteiger charge is -2.37. The van der Waals surface area contributed by atoms with E-state index in [0.717, 1.165) is 16.7 Å². The SMILES string of the molecule is [CH2]C(C#N)[C@@H]1[C@@H](OCCC(=O)NC)[C@H](n2cc(C)c(NC(=O)c3ccccc3)nc2=O)O[C@@H]1COC(c1ccccc1)(c1ccc(OC)cc1)c1ccc(OC)cc1. The summed E-state index contributed by atoms with van der Waals surface area (Å²) in [5.74, 6) is -0.919. The molecule has 1 unspecified atom stereocenters. The third-order valence-corrected chi connectivity index (χ3v) is 10.3. The highest BCUT2D eigenvalue weighted by atomic mass is 16.6. The Morgan fingerprint density at radius 1 is 0.914 bits per heavy atom. The zero-order chi connectivity index (χ0) is 41.2. The van der Waals surface area contributed by atoms with Crippen LogP contribution in [0.2, 0.25) is 0 Å². The zero-order valence-electron chi connectivity index (χ0n) is 32.8. The monoisotopic (exact) mass is 784 g/mol. The Morgan fingerprint density at radius 2 is 1.48 bits per heavy atom. The summed E-state index contributed by atoms with van der Waals surface area (Å²) >= 11 is 0. The van der Waals surface area contributed by atoms with Gasteiger partial charge in [-0.2, -0.15) is 10.2 Å². The molecule has 2 heterocycles. The predicted octanol–water partition coefficient (Wildman–Crippen LogP) is 5.84. The van der Waals surface area contributed by atoms with Gasteiger partial charge in [-0.1, -0.05) is 72.8 Å². The zero-order valence-corrected chi connectivity index (χ0v) is 32.8. The first-order valence-electron chi connectivity index (χ1n) is 18.8. The molecule has 5 atom stereocenters. The molecule has 0 bridgehead atoms. The number of carbonyl (C=O) groups excluding carboxylic acids is 2. The Labute approximate surface area is 337 Å². The van der Waals surface area contributed by atoms with Crippen molar-refractivity contribution in [2.24, 2.45) is 11.8 Å². The van der Waals surface area contributed by atoms with Crippen molar-refractivity contribution >= 4 is 17.6 Å². The van der Waals surface area contributed by atoms with E-state index >= 15 is 0 Å². The van der Waals surface area contributed by atoms with Crippen LogP contribution in [0.25, 0.3) is 0 Å². The molecule has 13 nitrogen and oxygen atoms in total. The summed E-state index contributed by atoms with van der Waals surface area (Å²) in [6.07, 6.45) is -1.38. The average Bonchev–Trinajstić information content (AvgIpc) is 3.63. The van der Waals surface area contributed by atoms with Gasteiger partial charge in [0.05, 0.1) is 45.5 Å². The Balaban J connectivity index is 1.42. The van der Waals surface area contributed by atoms with Gasteiger partial charge < -0.3 is 34.3 Å². The highest BCUT2D eigenvalue weighted by Crippen LogP contribution is 2.45. The number of amides is 2. The summed E-state index contributed by atoms with van der Waals surface area (Å²) in [6.45, 7) is 5.74. The van der Waals surface area contributed by atoms with Crippen molar-refractivity contribution in [3.63, 3.8) is 0 Å². The number of benzene rings is 4. The molecule has 0 saturated carbocycles. The number of nitriles is 1. The molecule has 6 rings (SSSR count). The third-order valence-electron chi connectivity index (χ3n) is 10.3. The first kappa shape index (κ1) is 41.3. The molecule has 0 spiro atoms. The number of aryl methyl sites for hydroxylation is 1. The third kappa shape index (κ3) is 8.79. The molecule has 5 aromatic rings. The summed E-state index contributed by atoms with van der Waals surface area (Å²) in [5.41, 5.74) is 1.29. The molecule has 1 fully saturated rings. The van der Waals surface area contributed by atoms with Crippen LogP contribution in [0.3, 0.4) is 0 Å². The number of rotatable bonds is 16. The summed E-state index contributed by atoms with van der Waals surface area (Å²) in [5, 5.41) is 15.6. The van der Waals surface area contributed by atoms with E-state index in [1.807, 2.05) is 78.9 Å². The van der Waals surface area contributed by atoms with Crippen molar-refractivity contribution in [2.75, 3.05) is 39.8 Å². The number of hydrogen-bond acceptors (Lipinski definition) is 10. The number of hydrogen-bond donors (Lipinski definition) is 2. The van der Waals surface area contributed by atoms with Crippen molar-refractivity contribution in [3.8, 4) is 17.6 Å². The molecule has 2 N–H and O–H groups in total. The fraction of sp³-hybridized carbons (Fsp3) is 0.289. The number of methoxy groups -OCH3 is 2. The smallest absolute Gasteiger partial charge is 0.351 e. The van der Waals surface area contributed by atoms with Crippen molar-refractivity contribution < 1.29 is 33.3 Å². The van der Waals surface area contributed by atoms with Gasteiger partial charge in [0.25, 0.3) is 5.91 Å². The minimum atomic E-state index is -1.22. The lowest BCUT2D eigenvalue weighted by Crippen LogP contribution is -2.40. The van der Waals surface area contributed by atoms with Crippen molar-refractivity contribution in [1.29, 1.82) is 5.26 Å². The van der Waals surface area contributed by atoms with Gasteiger partial charge in [-0.15, -0.1) is 0 Å². The summed E-state index contributed by atoms with van der Waals surface area (Å²) in [7, 11) is 4.72. The largest absolute Gasteiger partial charge is 0.497 e. The Morgan fingerprint density at radius 3 is 2.03 bits per heavy atom. The van der Waals surface area contributed by atoms with Gasteiger partial charge in [-0.3, -0.25) is 14.2 Å². The first-order valence-corrected chi connectivity index (χ1v) is 18.8. The highest BCUT2D eigenvalue weighted by Gasteiger charge is 2.51. The number of aromatic nitrogens is 2. The van der Waals surface area contributed by atoms with Crippen LogP contribution >= 0.6 is 0 Å². The normalized spacial score (nSPS) is 18.1. The van der Waals surface area contributed by atoms with E-state index in [2.05, 4.69) is 28.6 Å². The molecule has 1 aromatic heterocycles. The number of ether oxygens (including phenoxy) is 5. The van der Waals surface area contributed by atoms with Gasteiger partial charge in [0.15, 0.2) is 6.23 Å². The standard InChI is InChI=1S/C45H46N5O8/c1-29(26-46)39-37(28-57-45(32-14-10-7-11-15-32,33-16-20-35(54-4)21-17-33)34-18-22-36(55-5)23-19-34)58-43(40(39)56-25-24-38(51)47-3)50-27-30(2)41(49-44(50)53)48-42(52)31-12-8-6-9-13-31/h6-23,27,29,37,39-40,43H,1,24-25,28H2,2-5H3,(H,47,51)(H,48,49,52,53)/t29?,37-,39+,40-,43-/m1/s1. The summed E-state index contributed by atoms with van der Waals surface area (Å²) in [4.78, 5) is 43.4. The molecule has 0 aliphatic carbocycles. The Kier molecular flexibility index (Phi) is 13.3. The van der Waals surface area contributed by atoms with Crippen LogP contribution in [-0.2, 0) is 24.6 Å². The van der Waals surface area contributed by atoms with Gasteiger partial charge in [0, 0.05) is 36.7 Å². The first-order chi connectivity index (χ1) is 28.1. The van der Waals surface area contributed by atoms with E-state index in [1.165, 1.54) is 17.8 Å². The average molecular weight is 785 g/mol. The van der Waals surface area contributed by atoms with Gasteiger partial charge in [0.1, 0.15) is 29.0 Å².